The van der Waals surface area contributed by atoms with Gasteiger partial charge in [0.05, 0.1) is 6.61 Å². The van der Waals surface area contributed by atoms with Gasteiger partial charge in [-0.25, -0.2) is 4.98 Å². The molecule has 0 radical (unpaired) electrons. The molecule has 1 amide bonds. The number of amides is 1. The minimum absolute atomic E-state index is 0.00717. The van der Waals surface area contributed by atoms with E-state index in [0.717, 1.165) is 37.1 Å². The van der Waals surface area contributed by atoms with E-state index in [0.29, 0.717) is 12.4 Å². The minimum Gasteiger partial charge on any atom is -0.384 e. The zero-order chi connectivity index (χ0) is 16.8. The van der Waals surface area contributed by atoms with Gasteiger partial charge in [0, 0.05) is 25.5 Å². The third-order valence-corrected chi connectivity index (χ3v) is 4.31. The van der Waals surface area contributed by atoms with Gasteiger partial charge in [0.25, 0.3) is 0 Å². The molecule has 1 aromatic heterocycles. The van der Waals surface area contributed by atoms with Crippen LogP contribution in [0, 0.1) is 0 Å². The van der Waals surface area contributed by atoms with E-state index in [1.807, 2.05) is 30.3 Å². The Labute approximate surface area is 142 Å². The number of nitrogens with zero attached hydrogens (tertiary/aromatic N) is 2. The van der Waals surface area contributed by atoms with Crippen LogP contribution in [0.5, 0.6) is 0 Å². The lowest BCUT2D eigenvalue weighted by Gasteiger charge is -2.25. The molecule has 3 rings (SSSR count). The number of benzene rings is 1. The molecule has 1 aromatic carbocycles. The van der Waals surface area contributed by atoms with E-state index in [1.54, 1.807) is 13.3 Å². The lowest BCUT2D eigenvalue weighted by atomic mass is 10.1. The number of hydrogen-bond acceptors (Lipinski definition) is 4. The van der Waals surface area contributed by atoms with E-state index >= 15 is 0 Å². The van der Waals surface area contributed by atoms with Crippen LogP contribution in [0.25, 0.3) is 0 Å². The van der Waals surface area contributed by atoms with E-state index in [-0.39, 0.29) is 11.9 Å². The maximum absolute atomic E-state index is 12.7. The molecule has 0 bridgehead atoms. The standard InChI is InChI=1S/C19H23N3O2/c1-24-13-10-15-9-11-20-18(14-15)21-19(23)17-8-5-12-22(17)16-6-3-2-4-7-16/h2-4,6-7,9,11,14,17H,5,8,10,12-13H2,1H3,(H,20,21,23). The van der Waals surface area contributed by atoms with Gasteiger partial charge in [-0.1, -0.05) is 18.2 Å². The number of carbonyl (C=O) groups excluding carboxylic acids is 1. The van der Waals surface area contributed by atoms with Gasteiger partial charge in [-0.15, -0.1) is 0 Å². The first-order valence-electron chi connectivity index (χ1n) is 8.34. The highest BCUT2D eigenvalue weighted by Gasteiger charge is 2.30. The van der Waals surface area contributed by atoms with Crippen molar-refractivity contribution in [2.75, 3.05) is 30.5 Å². The van der Waals surface area contributed by atoms with Crippen LogP contribution in [-0.2, 0) is 16.0 Å². The highest BCUT2D eigenvalue weighted by Crippen LogP contribution is 2.26. The van der Waals surface area contributed by atoms with E-state index in [4.69, 9.17) is 4.74 Å². The highest BCUT2D eigenvalue weighted by molar-refractivity contribution is 5.96. The van der Waals surface area contributed by atoms with Crippen molar-refractivity contribution >= 4 is 17.4 Å². The molecule has 0 saturated carbocycles. The first-order valence-corrected chi connectivity index (χ1v) is 8.34. The Morgan fingerprint density at radius 2 is 2.17 bits per heavy atom. The number of methoxy groups -OCH3 is 1. The second-order valence-electron chi connectivity index (χ2n) is 5.97. The highest BCUT2D eigenvalue weighted by atomic mass is 16.5. The molecule has 126 valence electrons. The third kappa shape index (κ3) is 3.92. The summed E-state index contributed by atoms with van der Waals surface area (Å²) in [4.78, 5) is 19.1. The Kier molecular flexibility index (Phi) is 5.43. The van der Waals surface area contributed by atoms with Gasteiger partial charge < -0.3 is 15.0 Å². The monoisotopic (exact) mass is 325 g/mol. The number of hydrogen-bond donors (Lipinski definition) is 1. The van der Waals surface area contributed by atoms with E-state index in [2.05, 4.69) is 27.3 Å². The average molecular weight is 325 g/mol. The number of ether oxygens (including phenoxy) is 1. The molecule has 0 spiro atoms. The lowest BCUT2D eigenvalue weighted by molar-refractivity contribution is -0.117. The predicted octanol–water partition coefficient (Wildman–Crippen LogP) is 2.88. The molecule has 0 aliphatic carbocycles. The Morgan fingerprint density at radius 3 is 2.96 bits per heavy atom. The molecule has 24 heavy (non-hydrogen) atoms. The summed E-state index contributed by atoms with van der Waals surface area (Å²) in [5.74, 6) is 0.612. The van der Waals surface area contributed by atoms with Gasteiger partial charge in [0.15, 0.2) is 0 Å². The molecule has 1 aliphatic rings. The number of rotatable bonds is 6. The van der Waals surface area contributed by atoms with Gasteiger partial charge in [-0.05, 0) is 49.1 Å². The van der Waals surface area contributed by atoms with Crippen LogP contribution in [0.3, 0.4) is 0 Å². The maximum atomic E-state index is 12.7. The van der Waals surface area contributed by atoms with Crippen LogP contribution in [0.1, 0.15) is 18.4 Å². The molecule has 2 aromatic rings. The molecule has 5 nitrogen and oxygen atoms in total. The second kappa shape index (κ2) is 7.93. The normalized spacial score (nSPS) is 17.0. The van der Waals surface area contributed by atoms with Crippen molar-refractivity contribution < 1.29 is 9.53 Å². The molecule has 2 heterocycles. The second-order valence-corrected chi connectivity index (χ2v) is 5.97. The number of para-hydroxylation sites is 1. The van der Waals surface area contributed by atoms with Crippen molar-refractivity contribution in [2.24, 2.45) is 0 Å². The molecule has 5 heteroatoms. The summed E-state index contributed by atoms with van der Waals surface area (Å²) in [5, 5.41) is 2.97. The van der Waals surface area contributed by atoms with Gasteiger partial charge in [0.1, 0.15) is 11.9 Å². The fourth-order valence-corrected chi connectivity index (χ4v) is 3.10. The maximum Gasteiger partial charge on any atom is 0.248 e. The van der Waals surface area contributed by atoms with Crippen LogP contribution < -0.4 is 10.2 Å². The Morgan fingerprint density at radius 1 is 1.33 bits per heavy atom. The number of aromatic nitrogens is 1. The van der Waals surface area contributed by atoms with Crippen molar-refractivity contribution in [3.8, 4) is 0 Å². The summed E-state index contributed by atoms with van der Waals surface area (Å²) < 4.78 is 5.10. The van der Waals surface area contributed by atoms with Gasteiger partial charge >= 0.3 is 0 Å². The zero-order valence-corrected chi connectivity index (χ0v) is 13.9. The van der Waals surface area contributed by atoms with Crippen LogP contribution in [0.4, 0.5) is 11.5 Å². The predicted molar refractivity (Wildman–Crippen MR) is 95.3 cm³/mol. The van der Waals surface area contributed by atoms with Gasteiger partial charge in [-0.2, -0.15) is 0 Å². The summed E-state index contributed by atoms with van der Waals surface area (Å²) in [6, 6.07) is 13.8. The largest absolute Gasteiger partial charge is 0.384 e. The number of pyridine rings is 1. The first kappa shape index (κ1) is 16.5. The van der Waals surface area contributed by atoms with E-state index < -0.39 is 0 Å². The van der Waals surface area contributed by atoms with Gasteiger partial charge in [0.2, 0.25) is 5.91 Å². The average Bonchev–Trinajstić information content (AvgIpc) is 3.11. The fraction of sp³-hybridized carbons (Fsp3) is 0.368. The summed E-state index contributed by atoms with van der Waals surface area (Å²) in [6.07, 6.45) is 4.42. The molecule has 1 saturated heterocycles. The Hall–Kier alpha value is -2.40. The molecule has 1 unspecified atom stereocenters. The van der Waals surface area contributed by atoms with Crippen LogP contribution in [-0.4, -0.2) is 37.2 Å². The molecule has 1 atom stereocenters. The van der Waals surface area contributed by atoms with Crippen molar-refractivity contribution in [3.05, 3.63) is 54.2 Å². The van der Waals surface area contributed by atoms with Crippen LogP contribution >= 0.6 is 0 Å². The van der Waals surface area contributed by atoms with E-state index in [1.165, 1.54) is 0 Å². The molecular formula is C19H23N3O2. The van der Waals surface area contributed by atoms with Crippen molar-refractivity contribution in [3.63, 3.8) is 0 Å². The summed E-state index contributed by atoms with van der Waals surface area (Å²) >= 11 is 0. The van der Waals surface area contributed by atoms with Crippen molar-refractivity contribution in [1.29, 1.82) is 0 Å². The molecule has 1 N–H and O–H groups in total. The summed E-state index contributed by atoms with van der Waals surface area (Å²) in [7, 11) is 1.68. The third-order valence-electron chi connectivity index (χ3n) is 4.31. The van der Waals surface area contributed by atoms with Crippen LogP contribution in [0.15, 0.2) is 48.7 Å². The molecular weight excluding hydrogens is 302 g/mol. The molecule has 1 fully saturated rings. The number of nitrogens with one attached hydrogen (secondary N) is 1. The lowest BCUT2D eigenvalue weighted by Crippen LogP contribution is -2.39. The van der Waals surface area contributed by atoms with Gasteiger partial charge in [-0.3, -0.25) is 4.79 Å². The molecule has 1 aliphatic heterocycles. The smallest absolute Gasteiger partial charge is 0.248 e. The topological polar surface area (TPSA) is 54.5 Å². The Balaban J connectivity index is 1.68. The quantitative estimate of drug-likeness (QED) is 0.887. The van der Waals surface area contributed by atoms with E-state index in [9.17, 15) is 4.79 Å². The minimum atomic E-state index is -0.142. The number of carbonyl (C=O) groups is 1. The SMILES string of the molecule is COCCc1ccnc(NC(=O)C2CCCN2c2ccccc2)c1. The number of anilines is 2. The zero-order valence-electron chi connectivity index (χ0n) is 13.9. The van der Waals surface area contributed by atoms with Crippen molar-refractivity contribution in [1.82, 2.24) is 4.98 Å². The first-order chi connectivity index (χ1) is 11.8. The summed E-state index contributed by atoms with van der Waals surface area (Å²) in [6.45, 7) is 1.56. The van der Waals surface area contributed by atoms with Crippen LogP contribution in [0.2, 0.25) is 0 Å². The summed E-state index contributed by atoms with van der Waals surface area (Å²) in [5.41, 5.74) is 2.20. The fourth-order valence-electron chi connectivity index (χ4n) is 3.10. The Bertz CT molecular complexity index is 675. The van der Waals surface area contributed by atoms with Crippen molar-refractivity contribution in [2.45, 2.75) is 25.3 Å².